The Kier molecular flexibility index (Phi) is 4.57. The van der Waals surface area contributed by atoms with Crippen molar-refractivity contribution in [3.63, 3.8) is 0 Å². The largest absolute Gasteiger partial charge is 0.490 e. The number of aromatic nitrogens is 1. The molecule has 1 aromatic carbocycles. The van der Waals surface area contributed by atoms with Gasteiger partial charge < -0.3 is 14.6 Å². The van der Waals surface area contributed by atoms with Gasteiger partial charge in [0.25, 0.3) is 0 Å². The van der Waals surface area contributed by atoms with Crippen LogP contribution in [-0.4, -0.2) is 22.7 Å². The monoisotopic (exact) mass is 293 g/mol. The molecule has 0 amide bonds. The molecule has 0 radical (unpaired) electrons. The lowest BCUT2D eigenvalue weighted by Gasteiger charge is -2.11. The van der Waals surface area contributed by atoms with E-state index in [0.29, 0.717) is 24.7 Å². The van der Waals surface area contributed by atoms with Gasteiger partial charge in [0.05, 0.1) is 22.1 Å². The first-order valence-corrected chi connectivity index (χ1v) is 6.96. The maximum absolute atomic E-state index is 10.9. The van der Waals surface area contributed by atoms with Gasteiger partial charge in [-0.05, 0) is 32.0 Å². The van der Waals surface area contributed by atoms with Crippen molar-refractivity contribution >= 4 is 17.3 Å². The van der Waals surface area contributed by atoms with Crippen LogP contribution in [0.3, 0.4) is 0 Å². The molecule has 0 aliphatic rings. The van der Waals surface area contributed by atoms with Crippen molar-refractivity contribution in [1.82, 2.24) is 4.98 Å². The Morgan fingerprint density at radius 1 is 1.35 bits per heavy atom. The maximum Gasteiger partial charge on any atom is 0.335 e. The Morgan fingerprint density at radius 3 is 2.75 bits per heavy atom. The van der Waals surface area contributed by atoms with Crippen LogP contribution in [0.1, 0.15) is 27.2 Å². The Balaban J connectivity index is 2.15. The highest BCUT2D eigenvalue weighted by Crippen LogP contribution is 2.29. The van der Waals surface area contributed by atoms with Crippen LogP contribution >= 0.6 is 11.3 Å². The molecular formula is C14H15NO4S. The van der Waals surface area contributed by atoms with Crippen LogP contribution in [0.25, 0.3) is 0 Å². The molecule has 0 aliphatic heterocycles. The van der Waals surface area contributed by atoms with Crippen molar-refractivity contribution in [2.24, 2.45) is 0 Å². The zero-order chi connectivity index (χ0) is 14.5. The summed E-state index contributed by atoms with van der Waals surface area (Å²) >= 11 is 1.56. The van der Waals surface area contributed by atoms with E-state index in [4.69, 9.17) is 14.6 Å². The number of nitrogens with zero attached hydrogens (tertiary/aromatic N) is 1. The fraction of sp³-hybridized carbons (Fsp3) is 0.286. The molecule has 2 rings (SSSR count). The molecule has 0 saturated heterocycles. The topological polar surface area (TPSA) is 68.7 Å². The summed E-state index contributed by atoms with van der Waals surface area (Å²) in [4.78, 5) is 16.1. The average Bonchev–Trinajstić information content (AvgIpc) is 2.83. The van der Waals surface area contributed by atoms with E-state index in [-0.39, 0.29) is 5.56 Å². The number of thiazole rings is 1. The molecule has 0 bridgehead atoms. The second-order valence-corrected chi connectivity index (χ2v) is 5.35. The van der Waals surface area contributed by atoms with Gasteiger partial charge in [-0.3, -0.25) is 0 Å². The minimum atomic E-state index is -0.990. The fourth-order valence-corrected chi connectivity index (χ4v) is 2.36. The molecule has 0 fully saturated rings. The highest BCUT2D eigenvalue weighted by Gasteiger charge is 2.11. The molecule has 1 heterocycles. The maximum atomic E-state index is 10.9. The number of rotatable bonds is 6. The number of aryl methyl sites for hydroxylation is 1. The lowest BCUT2D eigenvalue weighted by molar-refractivity contribution is 0.0696. The number of carbonyl (C=O) groups is 1. The summed E-state index contributed by atoms with van der Waals surface area (Å²) in [6, 6.07) is 4.58. The average molecular weight is 293 g/mol. The summed E-state index contributed by atoms with van der Waals surface area (Å²) in [5, 5.41) is 9.96. The Labute approximate surface area is 120 Å². The summed E-state index contributed by atoms with van der Waals surface area (Å²) in [5.74, 6) is -0.0212. The molecule has 0 saturated carbocycles. The highest BCUT2D eigenvalue weighted by molar-refractivity contribution is 7.11. The van der Waals surface area contributed by atoms with Gasteiger partial charge in [0.1, 0.15) is 6.61 Å². The number of aromatic carboxylic acids is 1. The van der Waals surface area contributed by atoms with Gasteiger partial charge in [0, 0.05) is 6.20 Å². The van der Waals surface area contributed by atoms with E-state index in [9.17, 15) is 4.79 Å². The summed E-state index contributed by atoms with van der Waals surface area (Å²) in [5.41, 5.74) is 0.175. The third-order valence-corrected chi connectivity index (χ3v) is 3.42. The molecule has 5 nitrogen and oxygen atoms in total. The predicted octanol–water partition coefficient (Wildman–Crippen LogP) is 3.13. The van der Waals surface area contributed by atoms with E-state index in [2.05, 4.69) is 4.98 Å². The number of carboxylic acid groups (broad SMARTS) is 1. The van der Waals surface area contributed by atoms with Crippen LogP contribution in [0.2, 0.25) is 0 Å². The van der Waals surface area contributed by atoms with Gasteiger partial charge in [-0.15, -0.1) is 11.3 Å². The smallest absolute Gasteiger partial charge is 0.335 e. The first-order chi connectivity index (χ1) is 9.60. The summed E-state index contributed by atoms with van der Waals surface area (Å²) in [7, 11) is 0. The highest BCUT2D eigenvalue weighted by atomic mass is 32.1. The fourth-order valence-electron chi connectivity index (χ4n) is 1.65. The lowest BCUT2D eigenvalue weighted by Crippen LogP contribution is -2.02. The number of benzene rings is 1. The van der Waals surface area contributed by atoms with E-state index in [1.165, 1.54) is 12.1 Å². The molecule has 6 heteroatoms. The zero-order valence-corrected chi connectivity index (χ0v) is 12.1. The Hall–Kier alpha value is -2.08. The Morgan fingerprint density at radius 2 is 2.15 bits per heavy atom. The quantitative estimate of drug-likeness (QED) is 0.886. The molecule has 0 atom stereocenters. The van der Waals surface area contributed by atoms with Gasteiger partial charge in [-0.25, -0.2) is 9.78 Å². The molecule has 0 spiro atoms. The number of hydrogen-bond donors (Lipinski definition) is 1. The third-order valence-electron chi connectivity index (χ3n) is 2.53. The van der Waals surface area contributed by atoms with Crippen LogP contribution in [0.5, 0.6) is 11.5 Å². The van der Waals surface area contributed by atoms with Crippen LogP contribution in [0.15, 0.2) is 24.4 Å². The van der Waals surface area contributed by atoms with Crippen molar-refractivity contribution in [3.05, 3.63) is 39.8 Å². The minimum Gasteiger partial charge on any atom is -0.490 e. The predicted molar refractivity (Wildman–Crippen MR) is 75.8 cm³/mol. The van der Waals surface area contributed by atoms with Gasteiger partial charge in [-0.1, -0.05) is 0 Å². The zero-order valence-electron chi connectivity index (χ0n) is 11.3. The van der Waals surface area contributed by atoms with Crippen LogP contribution in [0.4, 0.5) is 0 Å². The van der Waals surface area contributed by atoms with Crippen molar-refractivity contribution in [2.45, 2.75) is 20.5 Å². The van der Waals surface area contributed by atoms with Crippen molar-refractivity contribution in [2.75, 3.05) is 6.61 Å². The molecule has 106 valence electrons. The third kappa shape index (κ3) is 3.48. The van der Waals surface area contributed by atoms with E-state index in [1.807, 2.05) is 13.8 Å². The molecular weight excluding hydrogens is 278 g/mol. The summed E-state index contributed by atoms with van der Waals surface area (Å²) in [6.45, 7) is 4.60. The molecule has 20 heavy (non-hydrogen) atoms. The molecule has 1 aromatic heterocycles. The van der Waals surface area contributed by atoms with Gasteiger partial charge in [0.15, 0.2) is 11.5 Å². The SMILES string of the molecule is CCOc1cc(C(=O)O)ccc1OCc1cnc(C)s1. The van der Waals surface area contributed by atoms with Crippen LogP contribution in [0, 0.1) is 6.92 Å². The second kappa shape index (κ2) is 6.38. The van der Waals surface area contributed by atoms with Gasteiger partial charge in [0.2, 0.25) is 0 Å². The van der Waals surface area contributed by atoms with Crippen molar-refractivity contribution in [3.8, 4) is 11.5 Å². The molecule has 0 unspecified atom stereocenters. The number of carboxylic acids is 1. The summed E-state index contributed by atoms with van der Waals surface area (Å²) in [6.07, 6.45) is 1.77. The van der Waals surface area contributed by atoms with Crippen LogP contribution < -0.4 is 9.47 Å². The van der Waals surface area contributed by atoms with Gasteiger partial charge >= 0.3 is 5.97 Å². The van der Waals surface area contributed by atoms with Crippen molar-refractivity contribution < 1.29 is 19.4 Å². The Bertz CT molecular complexity index is 609. The molecule has 2 aromatic rings. The van der Waals surface area contributed by atoms with E-state index < -0.39 is 5.97 Å². The van der Waals surface area contributed by atoms with E-state index in [0.717, 1.165) is 9.88 Å². The second-order valence-electron chi connectivity index (χ2n) is 4.03. The summed E-state index contributed by atoms with van der Waals surface area (Å²) < 4.78 is 11.1. The lowest BCUT2D eigenvalue weighted by atomic mass is 10.2. The molecule has 0 aliphatic carbocycles. The van der Waals surface area contributed by atoms with Crippen molar-refractivity contribution in [1.29, 1.82) is 0 Å². The molecule has 1 N–H and O–H groups in total. The minimum absolute atomic E-state index is 0.175. The van der Waals surface area contributed by atoms with Crippen LogP contribution in [-0.2, 0) is 6.61 Å². The first-order valence-electron chi connectivity index (χ1n) is 6.14. The van der Waals surface area contributed by atoms with E-state index >= 15 is 0 Å². The number of ether oxygens (including phenoxy) is 2. The van der Waals surface area contributed by atoms with Gasteiger partial charge in [-0.2, -0.15) is 0 Å². The standard InChI is InChI=1S/C14H15NO4S/c1-3-18-13-6-10(14(16)17)4-5-12(13)19-8-11-7-15-9(2)20-11/h4-7H,3,8H2,1-2H3,(H,16,17). The van der Waals surface area contributed by atoms with E-state index in [1.54, 1.807) is 23.6 Å². The normalized spacial score (nSPS) is 10.3. The first kappa shape index (κ1) is 14.3. The number of hydrogen-bond acceptors (Lipinski definition) is 5.